The van der Waals surface area contributed by atoms with Crippen molar-refractivity contribution in [3.8, 4) is 0 Å². The quantitative estimate of drug-likeness (QED) is 0.669. The number of hydrogen-bond acceptors (Lipinski definition) is 3. The Kier molecular flexibility index (Phi) is 7.60. The Morgan fingerprint density at radius 1 is 1.29 bits per heavy atom. The van der Waals surface area contributed by atoms with Crippen LogP contribution in [0.25, 0.3) is 0 Å². The number of aromatic nitrogens is 1. The molecule has 17 heavy (non-hydrogen) atoms. The standard InChI is InChI=1S/C14H24N2O/c1-13(2)17-11-4-3-8-15-10-7-14-6-5-9-16-12-14/h5-6,9,12-13,15H,3-4,7-8,10-11H2,1-2H3. The number of rotatable bonds is 9. The smallest absolute Gasteiger partial charge is 0.0518 e. The molecule has 0 bridgehead atoms. The zero-order chi connectivity index (χ0) is 12.3. The summed E-state index contributed by atoms with van der Waals surface area (Å²) in [6.07, 6.45) is 7.46. The zero-order valence-electron chi connectivity index (χ0n) is 11.0. The third kappa shape index (κ3) is 7.88. The second-order valence-electron chi connectivity index (χ2n) is 4.49. The fraction of sp³-hybridized carbons (Fsp3) is 0.643. The van der Waals surface area contributed by atoms with E-state index in [1.807, 2.05) is 18.5 Å². The van der Waals surface area contributed by atoms with E-state index in [0.29, 0.717) is 6.10 Å². The van der Waals surface area contributed by atoms with Crippen molar-refractivity contribution in [3.05, 3.63) is 30.1 Å². The number of ether oxygens (including phenoxy) is 1. The summed E-state index contributed by atoms with van der Waals surface area (Å²) in [7, 11) is 0. The van der Waals surface area contributed by atoms with Crippen molar-refractivity contribution < 1.29 is 4.74 Å². The lowest BCUT2D eigenvalue weighted by Crippen LogP contribution is -2.19. The van der Waals surface area contributed by atoms with E-state index in [1.165, 1.54) is 12.0 Å². The molecule has 0 aliphatic heterocycles. The van der Waals surface area contributed by atoms with Gasteiger partial charge in [-0.2, -0.15) is 0 Å². The number of hydrogen-bond donors (Lipinski definition) is 1. The SMILES string of the molecule is CC(C)OCCCCNCCc1cccnc1. The molecule has 0 saturated heterocycles. The lowest BCUT2D eigenvalue weighted by atomic mass is 10.2. The first-order chi connectivity index (χ1) is 8.29. The van der Waals surface area contributed by atoms with Gasteiger partial charge in [0.2, 0.25) is 0 Å². The van der Waals surface area contributed by atoms with Gasteiger partial charge in [0.15, 0.2) is 0 Å². The Labute approximate surface area is 105 Å². The third-order valence-electron chi connectivity index (χ3n) is 2.51. The van der Waals surface area contributed by atoms with E-state index in [2.05, 4.69) is 30.2 Å². The molecule has 1 N–H and O–H groups in total. The van der Waals surface area contributed by atoms with Crippen LogP contribution in [0.2, 0.25) is 0 Å². The van der Waals surface area contributed by atoms with Gasteiger partial charge in [-0.15, -0.1) is 0 Å². The van der Waals surface area contributed by atoms with Crippen LogP contribution in [-0.4, -0.2) is 30.8 Å². The highest BCUT2D eigenvalue weighted by Crippen LogP contribution is 1.96. The van der Waals surface area contributed by atoms with Gasteiger partial charge in [0, 0.05) is 19.0 Å². The van der Waals surface area contributed by atoms with E-state index in [-0.39, 0.29) is 0 Å². The molecule has 0 amide bonds. The summed E-state index contributed by atoms with van der Waals surface area (Å²) in [5.74, 6) is 0. The van der Waals surface area contributed by atoms with Crippen molar-refractivity contribution in [3.63, 3.8) is 0 Å². The number of nitrogens with one attached hydrogen (secondary N) is 1. The second-order valence-corrected chi connectivity index (χ2v) is 4.49. The second kappa shape index (κ2) is 9.14. The van der Waals surface area contributed by atoms with Crippen molar-refractivity contribution in [2.24, 2.45) is 0 Å². The highest BCUT2D eigenvalue weighted by atomic mass is 16.5. The lowest BCUT2D eigenvalue weighted by molar-refractivity contribution is 0.0760. The van der Waals surface area contributed by atoms with Crippen molar-refractivity contribution in [1.82, 2.24) is 10.3 Å². The summed E-state index contributed by atoms with van der Waals surface area (Å²) in [5, 5.41) is 3.44. The van der Waals surface area contributed by atoms with E-state index < -0.39 is 0 Å². The van der Waals surface area contributed by atoms with Gasteiger partial charge in [0.1, 0.15) is 0 Å². The number of nitrogens with zero attached hydrogens (tertiary/aromatic N) is 1. The molecule has 1 rings (SSSR count). The Hall–Kier alpha value is -0.930. The molecule has 0 atom stereocenters. The van der Waals surface area contributed by atoms with E-state index >= 15 is 0 Å². The summed E-state index contributed by atoms with van der Waals surface area (Å²) in [6.45, 7) is 7.12. The molecule has 0 aliphatic rings. The normalized spacial score (nSPS) is 11.0. The molecule has 1 aromatic heterocycles. The van der Waals surface area contributed by atoms with E-state index in [4.69, 9.17) is 4.74 Å². The van der Waals surface area contributed by atoms with Gasteiger partial charge < -0.3 is 10.1 Å². The minimum Gasteiger partial charge on any atom is -0.379 e. The highest BCUT2D eigenvalue weighted by Gasteiger charge is 1.94. The summed E-state index contributed by atoms with van der Waals surface area (Å²) >= 11 is 0. The molecule has 3 nitrogen and oxygen atoms in total. The highest BCUT2D eigenvalue weighted by molar-refractivity contribution is 5.08. The van der Waals surface area contributed by atoms with Gasteiger partial charge in [0.05, 0.1) is 6.10 Å². The average Bonchev–Trinajstić information content (AvgIpc) is 2.33. The molecule has 96 valence electrons. The molecular weight excluding hydrogens is 212 g/mol. The molecule has 0 fully saturated rings. The molecule has 3 heteroatoms. The van der Waals surface area contributed by atoms with Gasteiger partial charge in [-0.25, -0.2) is 0 Å². The molecule has 0 unspecified atom stereocenters. The molecule has 0 saturated carbocycles. The minimum atomic E-state index is 0.355. The molecular formula is C14H24N2O. The molecule has 0 radical (unpaired) electrons. The van der Waals surface area contributed by atoms with Crippen LogP contribution < -0.4 is 5.32 Å². The maximum absolute atomic E-state index is 5.48. The summed E-state index contributed by atoms with van der Waals surface area (Å²) < 4.78 is 5.48. The van der Waals surface area contributed by atoms with Gasteiger partial charge in [-0.1, -0.05) is 6.07 Å². The molecule has 0 aromatic carbocycles. The van der Waals surface area contributed by atoms with Crippen molar-refractivity contribution >= 4 is 0 Å². The number of unbranched alkanes of at least 4 members (excludes halogenated alkanes) is 1. The molecule has 0 spiro atoms. The van der Waals surface area contributed by atoms with Crippen LogP contribution in [0, 0.1) is 0 Å². The van der Waals surface area contributed by atoms with Crippen LogP contribution in [0.5, 0.6) is 0 Å². The van der Waals surface area contributed by atoms with Crippen LogP contribution in [0.1, 0.15) is 32.3 Å². The lowest BCUT2D eigenvalue weighted by Gasteiger charge is -2.07. The maximum atomic E-state index is 5.48. The van der Waals surface area contributed by atoms with Gasteiger partial charge >= 0.3 is 0 Å². The minimum absolute atomic E-state index is 0.355. The zero-order valence-corrected chi connectivity index (χ0v) is 11.0. The summed E-state index contributed by atoms with van der Waals surface area (Å²) in [5.41, 5.74) is 1.29. The third-order valence-corrected chi connectivity index (χ3v) is 2.51. The van der Waals surface area contributed by atoms with Crippen molar-refractivity contribution in [2.75, 3.05) is 19.7 Å². The van der Waals surface area contributed by atoms with Crippen LogP contribution in [0.4, 0.5) is 0 Å². The van der Waals surface area contributed by atoms with Crippen molar-refractivity contribution in [2.45, 2.75) is 39.2 Å². The fourth-order valence-corrected chi connectivity index (χ4v) is 1.57. The molecule has 0 aliphatic carbocycles. The summed E-state index contributed by atoms with van der Waals surface area (Å²) in [4.78, 5) is 4.10. The van der Waals surface area contributed by atoms with Gasteiger partial charge in [0.25, 0.3) is 0 Å². The molecule has 1 aromatic rings. The fourth-order valence-electron chi connectivity index (χ4n) is 1.57. The Balaban J connectivity index is 1.88. The van der Waals surface area contributed by atoms with Crippen LogP contribution in [0.3, 0.4) is 0 Å². The Bertz CT molecular complexity index is 275. The summed E-state index contributed by atoms with van der Waals surface area (Å²) in [6, 6.07) is 4.10. The maximum Gasteiger partial charge on any atom is 0.0518 e. The Morgan fingerprint density at radius 2 is 2.18 bits per heavy atom. The predicted octanol–water partition coefficient (Wildman–Crippen LogP) is 2.42. The van der Waals surface area contributed by atoms with E-state index in [1.54, 1.807) is 0 Å². The topological polar surface area (TPSA) is 34.1 Å². The molecule has 1 heterocycles. The van der Waals surface area contributed by atoms with Gasteiger partial charge in [-0.3, -0.25) is 4.98 Å². The average molecular weight is 236 g/mol. The van der Waals surface area contributed by atoms with Crippen LogP contribution >= 0.6 is 0 Å². The number of pyridine rings is 1. The Morgan fingerprint density at radius 3 is 2.88 bits per heavy atom. The van der Waals surface area contributed by atoms with E-state index in [0.717, 1.165) is 32.5 Å². The largest absolute Gasteiger partial charge is 0.379 e. The van der Waals surface area contributed by atoms with Crippen LogP contribution in [0.15, 0.2) is 24.5 Å². The first kappa shape index (κ1) is 14.1. The van der Waals surface area contributed by atoms with E-state index in [9.17, 15) is 0 Å². The van der Waals surface area contributed by atoms with Gasteiger partial charge in [-0.05, 0) is 57.8 Å². The van der Waals surface area contributed by atoms with Crippen molar-refractivity contribution in [1.29, 1.82) is 0 Å². The predicted molar refractivity (Wildman–Crippen MR) is 71.1 cm³/mol. The van der Waals surface area contributed by atoms with Crippen LogP contribution in [-0.2, 0) is 11.2 Å². The monoisotopic (exact) mass is 236 g/mol. The first-order valence-electron chi connectivity index (χ1n) is 6.50. The first-order valence-corrected chi connectivity index (χ1v) is 6.50.